The second-order valence-corrected chi connectivity index (χ2v) is 4.87. The Hall–Kier alpha value is -1.82. The van der Waals surface area contributed by atoms with Crippen LogP contribution in [0.25, 0.3) is 0 Å². The highest BCUT2D eigenvalue weighted by Crippen LogP contribution is 2.24. The summed E-state index contributed by atoms with van der Waals surface area (Å²) in [6.07, 6.45) is 3.20. The van der Waals surface area contributed by atoms with E-state index in [1.165, 1.54) is 24.6 Å². The molecule has 0 aliphatic heterocycles. The van der Waals surface area contributed by atoms with Gasteiger partial charge in [0.25, 0.3) is 0 Å². The van der Waals surface area contributed by atoms with Gasteiger partial charge in [-0.15, -0.1) is 0 Å². The van der Waals surface area contributed by atoms with Crippen LogP contribution in [0.1, 0.15) is 21.0 Å². The van der Waals surface area contributed by atoms with Gasteiger partial charge in [-0.25, -0.2) is 9.78 Å². The summed E-state index contributed by atoms with van der Waals surface area (Å²) in [5, 5.41) is 0.774. The van der Waals surface area contributed by atoms with Crippen molar-refractivity contribution < 1.29 is 13.9 Å². The van der Waals surface area contributed by atoms with E-state index >= 15 is 0 Å². The van der Waals surface area contributed by atoms with Crippen LogP contribution in [-0.4, -0.2) is 25.1 Å². The van der Waals surface area contributed by atoms with Gasteiger partial charge in [0.1, 0.15) is 10.6 Å². The summed E-state index contributed by atoms with van der Waals surface area (Å²) in [6.45, 7) is 2.61. The predicted octanol–water partition coefficient (Wildman–Crippen LogP) is 2.47. The molecule has 0 atom stereocenters. The largest absolute Gasteiger partial charge is 0.469 e. The molecule has 2 heterocycles. The average Bonchev–Trinajstić information content (AvgIpc) is 2.98. The van der Waals surface area contributed by atoms with Crippen LogP contribution < -0.4 is 4.90 Å². The monoisotopic (exact) mass is 266 g/mol. The fourth-order valence-electron chi connectivity index (χ4n) is 1.53. The molecule has 5 nitrogen and oxygen atoms in total. The molecule has 0 bridgehead atoms. The third-order valence-electron chi connectivity index (χ3n) is 2.58. The second-order valence-electron chi connectivity index (χ2n) is 3.86. The van der Waals surface area contributed by atoms with E-state index < -0.39 is 0 Å². The van der Waals surface area contributed by atoms with Crippen LogP contribution in [0.4, 0.5) is 5.13 Å². The smallest absolute Gasteiger partial charge is 0.349 e. The number of rotatable bonds is 4. The molecule has 96 valence electrons. The molecule has 0 amide bonds. The number of anilines is 1. The van der Waals surface area contributed by atoms with E-state index in [1.54, 1.807) is 6.26 Å². The van der Waals surface area contributed by atoms with E-state index in [9.17, 15) is 4.79 Å². The van der Waals surface area contributed by atoms with E-state index in [-0.39, 0.29) is 5.97 Å². The van der Waals surface area contributed by atoms with E-state index in [0.29, 0.717) is 11.4 Å². The van der Waals surface area contributed by atoms with Gasteiger partial charge in [0, 0.05) is 19.2 Å². The molecule has 0 aliphatic rings. The number of hydrogen-bond donors (Lipinski definition) is 0. The number of aryl methyl sites for hydroxylation is 1. The molecule has 0 saturated carbocycles. The molecule has 18 heavy (non-hydrogen) atoms. The first kappa shape index (κ1) is 12.6. The highest BCUT2D eigenvalue weighted by molar-refractivity contribution is 7.17. The molecule has 0 radical (unpaired) electrons. The predicted molar refractivity (Wildman–Crippen MR) is 69.0 cm³/mol. The van der Waals surface area contributed by atoms with Crippen molar-refractivity contribution in [3.63, 3.8) is 0 Å². The Kier molecular flexibility index (Phi) is 3.66. The minimum Gasteiger partial charge on any atom is -0.469 e. The number of carbonyl (C=O) groups is 1. The Morgan fingerprint density at radius 1 is 1.61 bits per heavy atom. The SMILES string of the molecule is COC(=O)c1cnc(N(C)Cc2ccoc2C)s1. The lowest BCUT2D eigenvalue weighted by Gasteiger charge is -2.14. The van der Waals surface area contributed by atoms with Crippen LogP contribution in [-0.2, 0) is 11.3 Å². The van der Waals surface area contributed by atoms with Gasteiger partial charge in [0.2, 0.25) is 0 Å². The molecule has 0 unspecified atom stereocenters. The van der Waals surface area contributed by atoms with Gasteiger partial charge < -0.3 is 14.1 Å². The molecule has 0 spiro atoms. The summed E-state index contributed by atoms with van der Waals surface area (Å²) < 4.78 is 9.90. The maximum Gasteiger partial charge on any atom is 0.349 e. The molecule has 0 N–H and O–H groups in total. The number of carbonyl (C=O) groups excluding carboxylic acids is 1. The molecule has 2 aromatic rings. The third-order valence-corrected chi connectivity index (χ3v) is 3.67. The molecule has 6 heteroatoms. The van der Waals surface area contributed by atoms with Crippen molar-refractivity contribution >= 4 is 22.4 Å². The highest BCUT2D eigenvalue weighted by Gasteiger charge is 2.14. The zero-order valence-corrected chi connectivity index (χ0v) is 11.3. The van der Waals surface area contributed by atoms with Crippen molar-refractivity contribution in [2.24, 2.45) is 0 Å². The molecule has 0 aromatic carbocycles. The van der Waals surface area contributed by atoms with Crippen LogP contribution in [0.5, 0.6) is 0 Å². The maximum atomic E-state index is 11.3. The van der Waals surface area contributed by atoms with E-state index in [0.717, 1.165) is 16.5 Å². The summed E-state index contributed by atoms with van der Waals surface area (Å²) in [5.74, 6) is 0.540. The quantitative estimate of drug-likeness (QED) is 0.796. The second kappa shape index (κ2) is 5.22. The lowest BCUT2D eigenvalue weighted by atomic mass is 10.2. The number of thiazole rings is 1. The number of esters is 1. The van der Waals surface area contributed by atoms with Crippen LogP contribution in [0.3, 0.4) is 0 Å². The molecule has 2 aromatic heterocycles. The van der Waals surface area contributed by atoms with Crippen molar-refractivity contribution in [1.82, 2.24) is 4.98 Å². The standard InChI is InChI=1S/C12H14N2O3S/c1-8-9(4-5-17-8)7-14(2)12-13-6-10(18-12)11(15)16-3/h4-6H,7H2,1-3H3. The Morgan fingerprint density at radius 3 is 3.00 bits per heavy atom. The van der Waals surface area contributed by atoms with Crippen LogP contribution >= 0.6 is 11.3 Å². The number of methoxy groups -OCH3 is 1. The van der Waals surface area contributed by atoms with Crippen molar-refractivity contribution in [2.75, 3.05) is 19.1 Å². The summed E-state index contributed by atoms with van der Waals surface area (Å²) in [6, 6.07) is 1.93. The van der Waals surface area contributed by atoms with Gasteiger partial charge in [0.15, 0.2) is 5.13 Å². The fourth-order valence-corrected chi connectivity index (χ4v) is 2.33. The van der Waals surface area contributed by atoms with Crippen molar-refractivity contribution in [3.8, 4) is 0 Å². The topological polar surface area (TPSA) is 55.6 Å². The Balaban J connectivity index is 2.10. The molecular formula is C12H14N2O3S. The number of hydrogen-bond acceptors (Lipinski definition) is 6. The molecule has 0 aliphatic carbocycles. The minimum absolute atomic E-state index is 0.355. The van der Waals surface area contributed by atoms with Gasteiger partial charge in [-0.05, 0) is 13.0 Å². The van der Waals surface area contributed by atoms with E-state index in [4.69, 9.17) is 4.42 Å². The van der Waals surface area contributed by atoms with E-state index in [1.807, 2.05) is 24.9 Å². The van der Waals surface area contributed by atoms with Crippen LogP contribution in [0.15, 0.2) is 22.9 Å². The minimum atomic E-state index is -0.355. The zero-order valence-electron chi connectivity index (χ0n) is 10.5. The van der Waals surface area contributed by atoms with Crippen molar-refractivity contribution in [2.45, 2.75) is 13.5 Å². The average molecular weight is 266 g/mol. The number of nitrogens with zero attached hydrogens (tertiary/aromatic N) is 2. The van der Waals surface area contributed by atoms with Gasteiger partial charge >= 0.3 is 5.97 Å². The first-order valence-corrected chi connectivity index (χ1v) is 6.21. The van der Waals surface area contributed by atoms with Crippen molar-refractivity contribution in [1.29, 1.82) is 0 Å². The summed E-state index contributed by atoms with van der Waals surface area (Å²) in [4.78, 5) is 18.0. The third kappa shape index (κ3) is 2.53. The van der Waals surface area contributed by atoms with Gasteiger partial charge in [-0.2, -0.15) is 0 Å². The zero-order chi connectivity index (χ0) is 13.1. The molecular weight excluding hydrogens is 252 g/mol. The van der Waals surface area contributed by atoms with Crippen LogP contribution in [0.2, 0.25) is 0 Å². The van der Waals surface area contributed by atoms with Gasteiger partial charge in [-0.1, -0.05) is 11.3 Å². The first-order chi connectivity index (χ1) is 8.61. The Morgan fingerprint density at radius 2 is 2.39 bits per heavy atom. The summed E-state index contributed by atoms with van der Waals surface area (Å²) in [7, 11) is 3.28. The van der Waals surface area contributed by atoms with Crippen molar-refractivity contribution in [3.05, 3.63) is 34.7 Å². The molecule has 0 saturated heterocycles. The first-order valence-electron chi connectivity index (χ1n) is 5.40. The maximum absolute atomic E-state index is 11.3. The Labute approximate surface area is 109 Å². The van der Waals surface area contributed by atoms with Gasteiger partial charge in [0.05, 0.1) is 19.6 Å². The summed E-state index contributed by atoms with van der Waals surface area (Å²) >= 11 is 1.31. The fraction of sp³-hybridized carbons (Fsp3) is 0.333. The molecule has 0 fully saturated rings. The van der Waals surface area contributed by atoms with E-state index in [2.05, 4.69) is 9.72 Å². The normalized spacial score (nSPS) is 10.4. The van der Waals surface area contributed by atoms with Crippen LogP contribution in [0, 0.1) is 6.92 Å². The Bertz CT molecular complexity index is 547. The summed E-state index contributed by atoms with van der Waals surface area (Å²) in [5.41, 5.74) is 1.10. The number of aromatic nitrogens is 1. The lowest BCUT2D eigenvalue weighted by molar-refractivity contribution is 0.0606. The van der Waals surface area contributed by atoms with Gasteiger partial charge in [-0.3, -0.25) is 0 Å². The number of furan rings is 1. The molecule has 2 rings (SSSR count). The highest BCUT2D eigenvalue weighted by atomic mass is 32.1. The number of ether oxygens (including phenoxy) is 1. The lowest BCUT2D eigenvalue weighted by Crippen LogP contribution is -2.16.